The van der Waals surface area contributed by atoms with Crippen LogP contribution in [0.5, 0.6) is 5.75 Å². The van der Waals surface area contributed by atoms with Crippen molar-refractivity contribution in [2.24, 2.45) is 5.92 Å². The van der Waals surface area contributed by atoms with E-state index in [1.54, 1.807) is 6.07 Å². The predicted molar refractivity (Wildman–Crippen MR) is 73.2 cm³/mol. The molecule has 19 heavy (non-hydrogen) atoms. The van der Waals surface area contributed by atoms with Crippen molar-refractivity contribution in [3.05, 3.63) is 21.6 Å². The first-order chi connectivity index (χ1) is 9.06. The van der Waals surface area contributed by atoms with E-state index in [-0.39, 0.29) is 5.75 Å². The van der Waals surface area contributed by atoms with Gasteiger partial charge in [-0.25, -0.2) is 0 Å². The van der Waals surface area contributed by atoms with Crippen LogP contribution in [0.3, 0.4) is 0 Å². The lowest BCUT2D eigenvalue weighted by molar-refractivity contribution is -0.0498. The van der Waals surface area contributed by atoms with E-state index >= 15 is 0 Å². The molecule has 0 bridgehead atoms. The molecule has 1 heterocycles. The van der Waals surface area contributed by atoms with Gasteiger partial charge in [-0.15, -0.1) is 0 Å². The van der Waals surface area contributed by atoms with Gasteiger partial charge in [0, 0.05) is 24.1 Å². The van der Waals surface area contributed by atoms with Crippen molar-refractivity contribution in [1.29, 1.82) is 0 Å². The van der Waals surface area contributed by atoms with E-state index < -0.39 is 6.61 Å². The van der Waals surface area contributed by atoms with Crippen LogP contribution in [-0.2, 0) is 4.74 Å². The lowest BCUT2D eigenvalue weighted by Crippen LogP contribution is -2.15. The molecule has 0 aromatic heterocycles. The highest BCUT2D eigenvalue weighted by atomic mass is 79.9. The number of rotatable bonds is 5. The summed E-state index contributed by atoms with van der Waals surface area (Å²) in [5.41, 5.74) is 0.451. The third kappa shape index (κ3) is 4.19. The summed E-state index contributed by atoms with van der Waals surface area (Å²) in [6.07, 6.45) is 0.958. The molecule has 1 aromatic carbocycles. The minimum Gasteiger partial charge on any atom is -0.431 e. The van der Waals surface area contributed by atoms with Crippen LogP contribution in [0.2, 0.25) is 5.02 Å². The molecule has 1 fully saturated rings. The van der Waals surface area contributed by atoms with Crippen LogP contribution in [-0.4, -0.2) is 26.4 Å². The van der Waals surface area contributed by atoms with Crippen LogP contribution in [0.15, 0.2) is 16.6 Å². The maximum Gasteiger partial charge on any atom is 0.387 e. The fraction of sp³-hybridized carbons (Fsp3) is 0.500. The Kier molecular flexibility index (Phi) is 5.24. The Labute approximate surface area is 123 Å². The average Bonchev–Trinajstić information content (AvgIpc) is 2.83. The normalized spacial score (nSPS) is 18.9. The lowest BCUT2D eigenvalue weighted by atomic mass is 10.1. The van der Waals surface area contributed by atoms with Crippen molar-refractivity contribution < 1.29 is 18.3 Å². The number of nitrogens with one attached hydrogen (secondary N) is 1. The van der Waals surface area contributed by atoms with Crippen LogP contribution in [0.25, 0.3) is 0 Å². The largest absolute Gasteiger partial charge is 0.431 e. The number of benzene rings is 1. The summed E-state index contributed by atoms with van der Waals surface area (Å²) in [5, 5.41) is 3.53. The van der Waals surface area contributed by atoms with E-state index in [4.69, 9.17) is 16.3 Å². The van der Waals surface area contributed by atoms with E-state index in [0.717, 1.165) is 13.0 Å². The molecule has 1 aliphatic rings. The van der Waals surface area contributed by atoms with Gasteiger partial charge in [0.25, 0.3) is 0 Å². The van der Waals surface area contributed by atoms with Gasteiger partial charge < -0.3 is 14.8 Å². The molecule has 7 heteroatoms. The molecule has 0 amide bonds. The van der Waals surface area contributed by atoms with Crippen molar-refractivity contribution in [1.82, 2.24) is 0 Å². The fourth-order valence-electron chi connectivity index (χ4n) is 1.90. The number of hydrogen-bond donors (Lipinski definition) is 1. The van der Waals surface area contributed by atoms with E-state index in [1.165, 1.54) is 6.07 Å². The summed E-state index contributed by atoms with van der Waals surface area (Å²) in [6, 6.07) is 3.09. The lowest BCUT2D eigenvalue weighted by Gasteiger charge is -2.16. The first kappa shape index (κ1) is 14.8. The van der Waals surface area contributed by atoms with E-state index in [1.807, 2.05) is 0 Å². The SMILES string of the molecule is FC(F)Oc1c(Br)cc(Cl)cc1NCC1CCOC1. The second-order valence-electron chi connectivity index (χ2n) is 4.25. The summed E-state index contributed by atoms with van der Waals surface area (Å²) in [6.45, 7) is -0.828. The third-order valence-electron chi connectivity index (χ3n) is 2.82. The van der Waals surface area contributed by atoms with Crippen molar-refractivity contribution in [3.63, 3.8) is 0 Å². The zero-order chi connectivity index (χ0) is 13.8. The number of halogens is 4. The van der Waals surface area contributed by atoms with Gasteiger partial charge in [0.15, 0.2) is 5.75 Å². The molecular weight excluding hydrogens is 343 g/mol. The molecule has 1 aromatic rings. The Hall–Kier alpha value is -0.590. The maximum atomic E-state index is 12.4. The topological polar surface area (TPSA) is 30.5 Å². The van der Waals surface area contributed by atoms with Crippen LogP contribution in [0.1, 0.15) is 6.42 Å². The smallest absolute Gasteiger partial charge is 0.387 e. The van der Waals surface area contributed by atoms with Gasteiger partial charge >= 0.3 is 6.61 Å². The molecular formula is C12H13BrClF2NO2. The first-order valence-corrected chi connectivity index (χ1v) is 6.99. The van der Waals surface area contributed by atoms with Crippen LogP contribution in [0.4, 0.5) is 14.5 Å². The highest BCUT2D eigenvalue weighted by Crippen LogP contribution is 2.37. The predicted octanol–water partition coefficient (Wildman–Crippen LogP) is 4.15. The van der Waals surface area contributed by atoms with Crippen molar-refractivity contribution >= 4 is 33.2 Å². The molecule has 1 unspecified atom stereocenters. The Balaban J connectivity index is 2.11. The van der Waals surface area contributed by atoms with Gasteiger partial charge in [-0.3, -0.25) is 0 Å². The molecule has 106 valence electrons. The summed E-state index contributed by atoms with van der Waals surface area (Å²) in [4.78, 5) is 0. The van der Waals surface area contributed by atoms with Gasteiger partial charge in [-0.05, 0) is 34.5 Å². The van der Waals surface area contributed by atoms with Crippen molar-refractivity contribution in [2.45, 2.75) is 13.0 Å². The summed E-state index contributed by atoms with van der Waals surface area (Å²) in [5.74, 6) is 0.440. The number of ether oxygens (including phenoxy) is 2. The Morgan fingerprint density at radius 2 is 2.32 bits per heavy atom. The van der Waals surface area contributed by atoms with E-state index in [9.17, 15) is 8.78 Å². The van der Waals surface area contributed by atoms with Gasteiger partial charge in [0.05, 0.1) is 16.8 Å². The highest BCUT2D eigenvalue weighted by molar-refractivity contribution is 9.10. The molecule has 1 aliphatic heterocycles. The Morgan fingerprint density at radius 3 is 2.95 bits per heavy atom. The van der Waals surface area contributed by atoms with E-state index in [0.29, 0.717) is 34.3 Å². The quantitative estimate of drug-likeness (QED) is 0.859. The fourth-order valence-corrected chi connectivity index (χ4v) is 2.80. The minimum atomic E-state index is -2.88. The second-order valence-corrected chi connectivity index (χ2v) is 5.54. The highest BCUT2D eigenvalue weighted by Gasteiger charge is 2.18. The second kappa shape index (κ2) is 6.72. The molecule has 1 saturated heterocycles. The molecule has 1 N–H and O–H groups in total. The Bertz CT molecular complexity index is 442. The monoisotopic (exact) mass is 355 g/mol. The summed E-state index contributed by atoms with van der Waals surface area (Å²) in [7, 11) is 0. The van der Waals surface area contributed by atoms with Crippen molar-refractivity contribution in [2.75, 3.05) is 25.1 Å². The zero-order valence-electron chi connectivity index (χ0n) is 9.97. The Morgan fingerprint density at radius 1 is 1.53 bits per heavy atom. The zero-order valence-corrected chi connectivity index (χ0v) is 12.3. The van der Waals surface area contributed by atoms with Crippen LogP contribution >= 0.6 is 27.5 Å². The van der Waals surface area contributed by atoms with Crippen LogP contribution in [0, 0.1) is 5.92 Å². The van der Waals surface area contributed by atoms with Crippen molar-refractivity contribution in [3.8, 4) is 5.75 Å². The molecule has 0 aliphatic carbocycles. The van der Waals surface area contributed by atoms with Gasteiger partial charge in [0.1, 0.15) is 0 Å². The number of anilines is 1. The molecule has 0 radical (unpaired) electrons. The minimum absolute atomic E-state index is 0.0679. The molecule has 0 saturated carbocycles. The summed E-state index contributed by atoms with van der Waals surface area (Å²) < 4.78 is 35.0. The third-order valence-corrected chi connectivity index (χ3v) is 3.63. The van der Waals surface area contributed by atoms with Gasteiger partial charge in [-0.1, -0.05) is 11.6 Å². The van der Waals surface area contributed by atoms with Gasteiger partial charge in [-0.2, -0.15) is 8.78 Å². The first-order valence-electron chi connectivity index (χ1n) is 5.81. The number of hydrogen-bond acceptors (Lipinski definition) is 3. The molecule has 2 rings (SSSR count). The average molecular weight is 357 g/mol. The standard InChI is InChI=1S/C12H13BrClF2NO2/c13-9-3-8(14)4-10(11(9)19-12(15)16)17-5-7-1-2-18-6-7/h3-4,7,12,17H,1-2,5-6H2. The van der Waals surface area contributed by atoms with Gasteiger partial charge in [0.2, 0.25) is 0 Å². The maximum absolute atomic E-state index is 12.4. The van der Waals surface area contributed by atoms with E-state index in [2.05, 4.69) is 26.0 Å². The summed E-state index contributed by atoms with van der Waals surface area (Å²) >= 11 is 9.09. The van der Waals surface area contributed by atoms with Crippen LogP contribution < -0.4 is 10.1 Å². The number of alkyl halides is 2. The molecule has 3 nitrogen and oxygen atoms in total. The molecule has 1 atom stereocenters. The molecule has 0 spiro atoms.